The Morgan fingerprint density at radius 3 is 2.57 bits per heavy atom. The summed E-state index contributed by atoms with van der Waals surface area (Å²) in [5.74, 6) is -2.53. The number of imidazole rings is 1. The van der Waals surface area contributed by atoms with Crippen LogP contribution >= 0.6 is 0 Å². The topological polar surface area (TPSA) is 119 Å². The Morgan fingerprint density at radius 2 is 1.87 bits per heavy atom. The number of rotatable bonds is 4. The molecule has 4 N–H and O–H groups in total. The lowest BCUT2D eigenvalue weighted by atomic mass is 10.1. The molecule has 152 valence electrons. The maximum absolute atomic E-state index is 14.6. The van der Waals surface area contributed by atoms with E-state index in [9.17, 15) is 13.6 Å². The van der Waals surface area contributed by atoms with E-state index >= 15 is 0 Å². The molecule has 0 fully saturated rings. The van der Waals surface area contributed by atoms with E-state index in [4.69, 9.17) is 10.8 Å². The van der Waals surface area contributed by atoms with Gasteiger partial charge in [-0.1, -0.05) is 0 Å². The smallest absolute Gasteiger partial charge is 0.335 e. The molecule has 8 nitrogen and oxygen atoms in total. The summed E-state index contributed by atoms with van der Waals surface area (Å²) in [6.45, 7) is 3.31. The number of nitrogens with one attached hydrogen (secondary N) is 1. The zero-order valence-corrected chi connectivity index (χ0v) is 15.9. The predicted molar refractivity (Wildman–Crippen MR) is 107 cm³/mol. The molecule has 0 saturated carbocycles. The molecule has 2 aromatic carbocycles. The fourth-order valence-electron chi connectivity index (χ4n) is 3.17. The summed E-state index contributed by atoms with van der Waals surface area (Å²) in [7, 11) is 0. The van der Waals surface area contributed by atoms with Gasteiger partial charge < -0.3 is 16.2 Å². The van der Waals surface area contributed by atoms with Gasteiger partial charge in [0.25, 0.3) is 0 Å². The minimum atomic E-state index is -1.06. The number of aryl methyl sites for hydroxylation is 2. The highest BCUT2D eigenvalue weighted by Gasteiger charge is 2.18. The minimum absolute atomic E-state index is 0.0147. The van der Waals surface area contributed by atoms with Gasteiger partial charge in [0, 0.05) is 11.8 Å². The summed E-state index contributed by atoms with van der Waals surface area (Å²) >= 11 is 0. The van der Waals surface area contributed by atoms with Crippen LogP contribution in [0.25, 0.3) is 17.0 Å². The molecule has 0 aliphatic carbocycles. The first-order valence-electron chi connectivity index (χ1n) is 8.83. The van der Waals surface area contributed by atoms with Gasteiger partial charge in [0.1, 0.15) is 11.6 Å². The quantitative estimate of drug-likeness (QED) is 0.469. The van der Waals surface area contributed by atoms with Crippen molar-refractivity contribution in [2.75, 3.05) is 11.1 Å². The molecule has 10 heteroatoms. The van der Waals surface area contributed by atoms with Crippen LogP contribution in [0.3, 0.4) is 0 Å². The third kappa shape index (κ3) is 3.28. The molecule has 0 aliphatic heterocycles. The molecule has 4 aromatic rings. The highest BCUT2D eigenvalue weighted by molar-refractivity contribution is 5.90. The molecule has 0 atom stereocenters. The highest BCUT2D eigenvalue weighted by Crippen LogP contribution is 2.26. The summed E-state index contributed by atoms with van der Waals surface area (Å²) in [6.07, 6.45) is 0. The number of hydrogen-bond donors (Lipinski definition) is 3. The first-order chi connectivity index (χ1) is 14.2. The van der Waals surface area contributed by atoms with Crippen molar-refractivity contribution in [1.29, 1.82) is 0 Å². The Morgan fingerprint density at radius 1 is 1.10 bits per heavy atom. The van der Waals surface area contributed by atoms with E-state index in [1.165, 1.54) is 34.9 Å². The van der Waals surface area contributed by atoms with Crippen molar-refractivity contribution < 1.29 is 18.7 Å². The molecule has 2 aromatic heterocycles. The second kappa shape index (κ2) is 7.07. The van der Waals surface area contributed by atoms with Crippen LogP contribution in [0, 0.1) is 25.5 Å². The summed E-state index contributed by atoms with van der Waals surface area (Å²) in [5.41, 5.74) is 7.71. The number of carbonyl (C=O) groups is 1. The van der Waals surface area contributed by atoms with Gasteiger partial charge >= 0.3 is 5.97 Å². The van der Waals surface area contributed by atoms with Crippen LogP contribution in [0.4, 0.5) is 26.1 Å². The molecule has 0 unspecified atom stereocenters. The zero-order valence-electron chi connectivity index (χ0n) is 15.9. The number of halogens is 2. The molecular weight excluding hydrogens is 394 g/mol. The molecule has 0 amide bonds. The van der Waals surface area contributed by atoms with Crippen LogP contribution in [0.15, 0.2) is 36.4 Å². The number of fused-ring (bicyclic) bond motifs is 1. The maximum atomic E-state index is 14.6. The maximum Gasteiger partial charge on any atom is 0.335 e. The van der Waals surface area contributed by atoms with E-state index in [0.717, 1.165) is 0 Å². The summed E-state index contributed by atoms with van der Waals surface area (Å²) in [6, 6.07) is 8.52. The molecule has 0 bridgehead atoms. The van der Waals surface area contributed by atoms with Gasteiger partial charge in [0.2, 0.25) is 11.8 Å². The number of carboxylic acid groups (broad SMARTS) is 1. The summed E-state index contributed by atoms with van der Waals surface area (Å²) in [4.78, 5) is 23.7. The number of aromatic nitrogens is 4. The van der Waals surface area contributed by atoms with Gasteiger partial charge in [-0.3, -0.25) is 4.57 Å². The number of hydrogen-bond acceptors (Lipinski definition) is 6. The fourth-order valence-corrected chi connectivity index (χ4v) is 3.17. The Kier molecular flexibility index (Phi) is 4.53. The first-order valence-corrected chi connectivity index (χ1v) is 8.83. The number of nitrogens with two attached hydrogens (primary N) is 1. The second-order valence-corrected chi connectivity index (χ2v) is 6.66. The highest BCUT2D eigenvalue weighted by atomic mass is 19.1. The van der Waals surface area contributed by atoms with E-state index in [2.05, 4.69) is 20.3 Å². The molecule has 30 heavy (non-hydrogen) atoms. The minimum Gasteiger partial charge on any atom is -0.478 e. The van der Waals surface area contributed by atoms with Crippen molar-refractivity contribution in [3.8, 4) is 5.95 Å². The van der Waals surface area contributed by atoms with Crippen molar-refractivity contribution >= 4 is 34.3 Å². The van der Waals surface area contributed by atoms with Gasteiger partial charge in [-0.05, 0) is 49.7 Å². The van der Waals surface area contributed by atoms with E-state index in [-0.39, 0.29) is 17.3 Å². The first kappa shape index (κ1) is 19.2. The lowest BCUT2D eigenvalue weighted by Crippen LogP contribution is -2.11. The molecule has 2 heterocycles. The monoisotopic (exact) mass is 410 g/mol. The normalized spacial score (nSPS) is 11.1. The second-order valence-electron chi connectivity index (χ2n) is 6.66. The number of anilines is 3. The van der Waals surface area contributed by atoms with Crippen molar-refractivity contribution in [3.63, 3.8) is 0 Å². The number of aromatic carboxylic acids is 1. The van der Waals surface area contributed by atoms with Crippen LogP contribution in [0.5, 0.6) is 0 Å². The standard InChI is InChI=1S/C20H16F2N6O2/c1-9-7-12(4-5-13(9)19(29)30)25-18-16(22)17(23)26-20(27-18)28-10(2)24-14-6-3-11(21)8-15(14)28/h3-8H,1-2H3,(H,29,30)(H3,23,25,26,27). The Bertz CT molecular complexity index is 1320. The molecule has 0 radical (unpaired) electrons. The van der Waals surface area contributed by atoms with Gasteiger partial charge in [-0.2, -0.15) is 14.4 Å². The molecular formula is C20H16F2N6O2. The number of nitrogens with zero attached hydrogens (tertiary/aromatic N) is 4. The summed E-state index contributed by atoms with van der Waals surface area (Å²) in [5, 5.41) is 11.9. The fraction of sp³-hybridized carbons (Fsp3) is 0.100. The van der Waals surface area contributed by atoms with Gasteiger partial charge in [-0.25, -0.2) is 14.2 Å². The van der Waals surface area contributed by atoms with Crippen molar-refractivity contribution in [3.05, 3.63) is 65.0 Å². The van der Waals surface area contributed by atoms with Gasteiger partial charge in [-0.15, -0.1) is 0 Å². The van der Waals surface area contributed by atoms with E-state index in [1.807, 2.05) is 0 Å². The SMILES string of the molecule is Cc1cc(Nc2nc(-n3c(C)nc4ccc(F)cc43)nc(N)c2F)ccc1C(=O)O. The van der Waals surface area contributed by atoms with Gasteiger partial charge in [0.15, 0.2) is 11.6 Å². The lowest BCUT2D eigenvalue weighted by molar-refractivity contribution is 0.0696. The van der Waals surface area contributed by atoms with E-state index < -0.39 is 23.4 Å². The Balaban J connectivity index is 1.81. The van der Waals surface area contributed by atoms with Crippen molar-refractivity contribution in [1.82, 2.24) is 19.5 Å². The zero-order chi connectivity index (χ0) is 21.6. The van der Waals surface area contributed by atoms with Gasteiger partial charge in [0.05, 0.1) is 16.6 Å². The third-order valence-corrected chi connectivity index (χ3v) is 4.57. The Labute approximate surface area is 169 Å². The van der Waals surface area contributed by atoms with Crippen LogP contribution < -0.4 is 11.1 Å². The third-order valence-electron chi connectivity index (χ3n) is 4.57. The van der Waals surface area contributed by atoms with Crippen LogP contribution in [-0.4, -0.2) is 30.6 Å². The molecule has 0 saturated heterocycles. The summed E-state index contributed by atoms with van der Waals surface area (Å²) < 4.78 is 29.8. The van der Waals surface area contributed by atoms with Crippen LogP contribution in [0.2, 0.25) is 0 Å². The average molecular weight is 410 g/mol. The van der Waals surface area contributed by atoms with Crippen molar-refractivity contribution in [2.45, 2.75) is 13.8 Å². The number of nitrogen functional groups attached to an aromatic ring is 1. The van der Waals surface area contributed by atoms with Crippen LogP contribution in [-0.2, 0) is 0 Å². The van der Waals surface area contributed by atoms with E-state index in [1.54, 1.807) is 19.9 Å². The lowest BCUT2D eigenvalue weighted by Gasteiger charge is -2.12. The Hall–Kier alpha value is -4.08. The molecule has 0 aliphatic rings. The molecule has 0 spiro atoms. The predicted octanol–water partition coefficient (Wildman–Crippen LogP) is 3.73. The molecule has 4 rings (SSSR count). The number of carboxylic acids is 1. The number of benzene rings is 2. The van der Waals surface area contributed by atoms with Crippen LogP contribution in [0.1, 0.15) is 21.7 Å². The largest absolute Gasteiger partial charge is 0.478 e. The van der Waals surface area contributed by atoms with E-state index in [0.29, 0.717) is 28.1 Å². The average Bonchev–Trinajstić information content (AvgIpc) is 3.00. The van der Waals surface area contributed by atoms with Crippen molar-refractivity contribution in [2.24, 2.45) is 0 Å².